The average Bonchev–Trinajstić information content (AvgIpc) is 3.64. The second-order valence-electron chi connectivity index (χ2n) is 9.78. The SMILES string of the molecule is Cc1ccc(CSc2nnc(N3C(=O)C(=O)/C(=C(/O)c4nc5c(C)cccn5c4C)C3c3ccc(Br)cc3)s2)cc1. The van der Waals surface area contributed by atoms with Crippen LogP contribution in [0.2, 0.25) is 0 Å². The van der Waals surface area contributed by atoms with Crippen molar-refractivity contribution in [2.45, 2.75) is 36.9 Å². The lowest BCUT2D eigenvalue weighted by atomic mass is 9.96. The van der Waals surface area contributed by atoms with Gasteiger partial charge in [0.25, 0.3) is 5.78 Å². The van der Waals surface area contributed by atoms with E-state index in [2.05, 4.69) is 55.4 Å². The van der Waals surface area contributed by atoms with Crippen LogP contribution >= 0.6 is 39.0 Å². The summed E-state index contributed by atoms with van der Waals surface area (Å²) >= 11 is 6.20. The zero-order valence-electron chi connectivity index (χ0n) is 22.3. The molecule has 0 radical (unpaired) electrons. The van der Waals surface area contributed by atoms with E-state index in [9.17, 15) is 14.7 Å². The second-order valence-corrected chi connectivity index (χ2v) is 12.9. The number of aliphatic hydroxyl groups is 1. The predicted molar refractivity (Wildman–Crippen MR) is 164 cm³/mol. The molecular weight excluding hydrogens is 622 g/mol. The molecule has 0 spiro atoms. The van der Waals surface area contributed by atoms with Crippen LogP contribution in [0.1, 0.15) is 39.7 Å². The summed E-state index contributed by atoms with van der Waals surface area (Å²) in [6.07, 6.45) is 1.85. The maximum absolute atomic E-state index is 13.6. The summed E-state index contributed by atoms with van der Waals surface area (Å²) in [5.41, 5.74) is 5.45. The van der Waals surface area contributed by atoms with Gasteiger partial charge in [0, 0.05) is 16.4 Å². The van der Waals surface area contributed by atoms with E-state index >= 15 is 0 Å². The van der Waals surface area contributed by atoms with Crippen LogP contribution in [-0.4, -0.2) is 36.4 Å². The van der Waals surface area contributed by atoms with Gasteiger partial charge in [-0.15, -0.1) is 10.2 Å². The Morgan fingerprint density at radius 1 is 1.02 bits per heavy atom. The molecule has 1 aliphatic heterocycles. The number of halogens is 1. The topological polar surface area (TPSA) is 101 Å². The number of thioether (sulfide) groups is 1. The van der Waals surface area contributed by atoms with Crippen molar-refractivity contribution in [3.05, 3.63) is 111 Å². The van der Waals surface area contributed by atoms with Crippen LogP contribution in [0.15, 0.2) is 81.2 Å². The normalized spacial score (nSPS) is 16.7. The number of fused-ring (bicyclic) bond motifs is 1. The lowest BCUT2D eigenvalue weighted by Gasteiger charge is -2.22. The van der Waals surface area contributed by atoms with Gasteiger partial charge in [0.05, 0.1) is 17.3 Å². The second kappa shape index (κ2) is 10.9. The fourth-order valence-electron chi connectivity index (χ4n) is 4.85. The molecule has 1 unspecified atom stereocenters. The number of aliphatic hydroxyl groups excluding tert-OH is 1. The molecule has 3 aromatic heterocycles. The first kappa shape index (κ1) is 27.4. The first-order valence-electron chi connectivity index (χ1n) is 12.8. The smallest absolute Gasteiger partial charge is 0.301 e. The van der Waals surface area contributed by atoms with E-state index in [0.717, 1.165) is 15.6 Å². The fourth-order valence-corrected chi connectivity index (χ4v) is 6.94. The molecule has 0 saturated carbocycles. The Hall–Kier alpha value is -3.80. The number of amides is 1. The van der Waals surface area contributed by atoms with E-state index in [1.807, 2.05) is 67.8 Å². The lowest BCUT2D eigenvalue weighted by Crippen LogP contribution is -2.29. The lowest BCUT2D eigenvalue weighted by molar-refractivity contribution is -0.132. The number of carbonyl (C=O) groups excluding carboxylic acids is 2. The molecule has 0 bridgehead atoms. The maximum atomic E-state index is 13.6. The summed E-state index contributed by atoms with van der Waals surface area (Å²) in [4.78, 5) is 33.1. The molecule has 206 valence electrons. The summed E-state index contributed by atoms with van der Waals surface area (Å²) in [5.74, 6) is -1.20. The molecule has 5 aromatic rings. The Morgan fingerprint density at radius 2 is 1.76 bits per heavy atom. The van der Waals surface area contributed by atoms with Crippen LogP contribution < -0.4 is 4.90 Å². The predicted octanol–water partition coefficient (Wildman–Crippen LogP) is 6.79. The zero-order chi connectivity index (χ0) is 28.8. The summed E-state index contributed by atoms with van der Waals surface area (Å²) in [6.45, 7) is 5.79. The minimum absolute atomic E-state index is 0.0365. The number of anilines is 1. The van der Waals surface area contributed by atoms with Crippen LogP contribution in [0.3, 0.4) is 0 Å². The molecule has 1 fully saturated rings. The first-order valence-corrected chi connectivity index (χ1v) is 15.4. The highest BCUT2D eigenvalue weighted by molar-refractivity contribution is 9.10. The maximum Gasteiger partial charge on any atom is 0.301 e. The number of imidazole rings is 1. The van der Waals surface area contributed by atoms with Crippen molar-refractivity contribution in [3.63, 3.8) is 0 Å². The van der Waals surface area contributed by atoms with Crippen LogP contribution in [0.5, 0.6) is 0 Å². The van der Waals surface area contributed by atoms with Gasteiger partial charge in [0.1, 0.15) is 11.3 Å². The third-order valence-corrected chi connectivity index (χ3v) is 9.68. The van der Waals surface area contributed by atoms with Crippen molar-refractivity contribution in [1.82, 2.24) is 19.6 Å². The molecule has 11 heteroatoms. The minimum atomic E-state index is -0.906. The summed E-state index contributed by atoms with van der Waals surface area (Å²) in [6, 6.07) is 18.5. The van der Waals surface area contributed by atoms with E-state index in [1.165, 1.54) is 33.6 Å². The van der Waals surface area contributed by atoms with Crippen molar-refractivity contribution >= 4 is 67.3 Å². The highest BCUT2D eigenvalue weighted by Crippen LogP contribution is 2.44. The number of aryl methyl sites for hydroxylation is 3. The molecule has 1 amide bonds. The van der Waals surface area contributed by atoms with Gasteiger partial charge >= 0.3 is 5.91 Å². The first-order chi connectivity index (χ1) is 19.7. The molecular formula is C30H24BrN5O3S2. The van der Waals surface area contributed by atoms with Crippen molar-refractivity contribution in [3.8, 4) is 0 Å². The van der Waals surface area contributed by atoms with Crippen molar-refractivity contribution in [1.29, 1.82) is 0 Å². The third-order valence-electron chi connectivity index (χ3n) is 7.02. The largest absolute Gasteiger partial charge is 0.505 e. The van der Waals surface area contributed by atoms with Gasteiger partial charge in [0.15, 0.2) is 10.1 Å². The Balaban J connectivity index is 1.43. The van der Waals surface area contributed by atoms with Crippen LogP contribution in [0, 0.1) is 20.8 Å². The zero-order valence-corrected chi connectivity index (χ0v) is 25.5. The van der Waals surface area contributed by atoms with Crippen molar-refractivity contribution in [2.24, 2.45) is 0 Å². The molecule has 1 N–H and O–H groups in total. The summed E-state index contributed by atoms with van der Waals surface area (Å²) < 4.78 is 3.37. The minimum Gasteiger partial charge on any atom is -0.505 e. The van der Waals surface area contributed by atoms with Gasteiger partial charge in [-0.25, -0.2) is 4.98 Å². The van der Waals surface area contributed by atoms with Crippen LogP contribution in [0.4, 0.5) is 5.13 Å². The van der Waals surface area contributed by atoms with Crippen LogP contribution in [-0.2, 0) is 15.3 Å². The van der Waals surface area contributed by atoms with E-state index < -0.39 is 17.7 Å². The Bertz CT molecular complexity index is 1840. The molecule has 41 heavy (non-hydrogen) atoms. The van der Waals surface area contributed by atoms with Crippen molar-refractivity contribution in [2.75, 3.05) is 4.90 Å². The average molecular weight is 647 g/mol. The van der Waals surface area contributed by atoms with Gasteiger partial charge in [-0.1, -0.05) is 87.1 Å². The number of hydrogen-bond donors (Lipinski definition) is 1. The molecule has 4 heterocycles. The Kier molecular flexibility index (Phi) is 7.27. The highest BCUT2D eigenvalue weighted by Gasteiger charge is 2.48. The standard InChI is InChI=1S/C30H24BrN5O3S2/c1-16-6-8-19(9-7-16)15-40-30-34-33-29(41-30)36-24(20-10-12-21(31)13-11-20)22(26(38)28(36)39)25(37)23-18(3)35-14-4-5-17(2)27(35)32-23/h4-14,24,37H,15H2,1-3H3/b25-22+. The molecule has 6 rings (SSSR count). The van der Waals surface area contributed by atoms with Gasteiger partial charge in [-0.05, 0) is 55.7 Å². The van der Waals surface area contributed by atoms with Gasteiger partial charge in [0.2, 0.25) is 5.13 Å². The third kappa shape index (κ3) is 4.98. The Labute approximate surface area is 252 Å². The highest BCUT2D eigenvalue weighted by atomic mass is 79.9. The quantitative estimate of drug-likeness (QED) is 0.0713. The van der Waals surface area contributed by atoms with E-state index in [1.54, 1.807) is 0 Å². The molecule has 1 saturated heterocycles. The number of hydrogen-bond acceptors (Lipinski definition) is 8. The number of nitrogens with zero attached hydrogens (tertiary/aromatic N) is 5. The molecule has 1 atom stereocenters. The number of benzene rings is 2. The molecule has 8 nitrogen and oxygen atoms in total. The number of carbonyl (C=O) groups is 2. The number of Topliss-reactive ketones (excluding diaryl/α,β-unsaturated/α-hetero) is 1. The van der Waals surface area contributed by atoms with Crippen molar-refractivity contribution < 1.29 is 14.7 Å². The number of rotatable bonds is 6. The number of ketones is 1. The molecule has 0 aliphatic carbocycles. The fraction of sp³-hybridized carbons (Fsp3) is 0.167. The molecule has 1 aliphatic rings. The van der Waals surface area contributed by atoms with E-state index in [0.29, 0.717) is 27.0 Å². The molecule has 2 aromatic carbocycles. The van der Waals surface area contributed by atoms with Gasteiger partial charge < -0.3 is 9.51 Å². The number of aromatic nitrogens is 4. The number of pyridine rings is 1. The van der Waals surface area contributed by atoms with Crippen LogP contribution in [0.25, 0.3) is 11.4 Å². The van der Waals surface area contributed by atoms with Gasteiger partial charge in [-0.2, -0.15) is 0 Å². The van der Waals surface area contributed by atoms with E-state index in [4.69, 9.17) is 0 Å². The van der Waals surface area contributed by atoms with Gasteiger partial charge in [-0.3, -0.25) is 14.5 Å². The summed E-state index contributed by atoms with van der Waals surface area (Å²) in [7, 11) is 0. The Morgan fingerprint density at radius 3 is 2.46 bits per heavy atom. The van der Waals surface area contributed by atoms with E-state index in [-0.39, 0.29) is 22.2 Å². The monoisotopic (exact) mass is 645 g/mol. The summed E-state index contributed by atoms with van der Waals surface area (Å²) in [5, 5.41) is 20.5.